The van der Waals surface area contributed by atoms with E-state index in [9.17, 15) is 9.59 Å². The van der Waals surface area contributed by atoms with Crippen LogP contribution in [0, 0.1) is 0 Å². The molecule has 0 spiro atoms. The molecule has 2 heterocycles. The summed E-state index contributed by atoms with van der Waals surface area (Å²) in [6, 6.07) is 0. The number of carbonyl (C=O) groups is 2. The molecule has 6 heteroatoms. The van der Waals surface area contributed by atoms with Crippen molar-refractivity contribution < 1.29 is 28.5 Å². The van der Waals surface area contributed by atoms with E-state index < -0.39 is 0 Å². The quantitative estimate of drug-likeness (QED) is 0.692. The molecular weight excluding hydrogens is 240 g/mol. The van der Waals surface area contributed by atoms with Gasteiger partial charge in [-0.1, -0.05) is 0 Å². The molecule has 2 aliphatic heterocycles. The van der Waals surface area contributed by atoms with Crippen LogP contribution in [0.1, 0.15) is 26.7 Å². The van der Waals surface area contributed by atoms with Crippen molar-refractivity contribution in [3.8, 4) is 0 Å². The van der Waals surface area contributed by atoms with Gasteiger partial charge in [-0.15, -0.1) is 0 Å². The molecule has 2 atom stereocenters. The van der Waals surface area contributed by atoms with Crippen molar-refractivity contribution in [2.24, 2.45) is 0 Å². The van der Waals surface area contributed by atoms with Crippen molar-refractivity contribution >= 4 is 11.9 Å². The summed E-state index contributed by atoms with van der Waals surface area (Å²) in [6.45, 7) is 5.86. The van der Waals surface area contributed by atoms with E-state index in [1.807, 2.05) is 0 Å². The average Bonchev–Trinajstić information content (AvgIpc) is 2.13. The van der Waals surface area contributed by atoms with Crippen LogP contribution in [-0.2, 0) is 28.5 Å². The molecule has 0 radical (unpaired) electrons. The first-order chi connectivity index (χ1) is 8.69. The molecule has 0 unspecified atom stereocenters. The molecule has 2 rings (SSSR count). The minimum atomic E-state index is -0.259. The van der Waals surface area contributed by atoms with E-state index >= 15 is 0 Å². The van der Waals surface area contributed by atoms with Crippen LogP contribution in [0.5, 0.6) is 0 Å². The van der Waals surface area contributed by atoms with E-state index in [0.29, 0.717) is 26.4 Å². The minimum absolute atomic E-state index is 0.219. The molecule has 0 N–H and O–H groups in total. The number of carbonyl (C=O) groups excluding carboxylic acids is 2. The van der Waals surface area contributed by atoms with Gasteiger partial charge in [0.25, 0.3) is 0 Å². The topological polar surface area (TPSA) is 71.1 Å². The lowest BCUT2D eigenvalue weighted by atomic mass is 10.2. The number of hydrogen-bond acceptors (Lipinski definition) is 6. The van der Waals surface area contributed by atoms with Crippen LogP contribution in [0.2, 0.25) is 0 Å². The van der Waals surface area contributed by atoms with Crippen LogP contribution in [0.3, 0.4) is 0 Å². The third-order valence-corrected chi connectivity index (χ3v) is 2.50. The molecule has 0 saturated carbocycles. The molecule has 0 aromatic heterocycles. The highest BCUT2D eigenvalue weighted by Crippen LogP contribution is 2.12. The predicted molar refractivity (Wildman–Crippen MR) is 62.0 cm³/mol. The van der Waals surface area contributed by atoms with Crippen molar-refractivity contribution in [2.75, 3.05) is 26.4 Å². The second-order valence-corrected chi connectivity index (χ2v) is 3.80. The Balaban J connectivity index is 0.000000180. The maximum Gasteiger partial charge on any atom is 0.335 e. The molecule has 0 amide bonds. The third kappa shape index (κ3) is 4.62. The van der Waals surface area contributed by atoms with Crippen LogP contribution in [0.25, 0.3) is 0 Å². The van der Waals surface area contributed by atoms with E-state index in [2.05, 4.69) is 9.47 Å². The predicted octanol–water partition coefficient (Wildman–Crippen LogP) is 0.677. The average molecular weight is 260 g/mol. The molecule has 104 valence electrons. The number of esters is 2. The van der Waals surface area contributed by atoms with Crippen molar-refractivity contribution in [3.63, 3.8) is 0 Å². The van der Waals surface area contributed by atoms with Crippen molar-refractivity contribution in [2.45, 2.75) is 38.9 Å². The van der Waals surface area contributed by atoms with Gasteiger partial charge in [0.2, 0.25) is 0 Å². The third-order valence-electron chi connectivity index (χ3n) is 2.50. The maximum absolute atomic E-state index is 10.7. The lowest BCUT2D eigenvalue weighted by molar-refractivity contribution is -0.169. The highest BCUT2D eigenvalue weighted by Gasteiger charge is 2.27. The summed E-state index contributed by atoms with van der Waals surface area (Å²) in [4.78, 5) is 21.4. The second kappa shape index (κ2) is 8.05. The van der Waals surface area contributed by atoms with Crippen LogP contribution in [0.4, 0.5) is 0 Å². The number of hydrogen-bond donors (Lipinski definition) is 0. The summed E-state index contributed by atoms with van der Waals surface area (Å²) >= 11 is 0. The van der Waals surface area contributed by atoms with Crippen LogP contribution < -0.4 is 0 Å². The maximum atomic E-state index is 10.7. The molecule has 2 aliphatic rings. The Hall–Kier alpha value is -1.14. The van der Waals surface area contributed by atoms with E-state index in [-0.39, 0.29) is 24.1 Å². The number of rotatable bonds is 4. The van der Waals surface area contributed by atoms with Gasteiger partial charge in [0, 0.05) is 12.8 Å². The fourth-order valence-corrected chi connectivity index (χ4v) is 1.31. The van der Waals surface area contributed by atoms with Gasteiger partial charge in [-0.05, 0) is 13.8 Å². The van der Waals surface area contributed by atoms with E-state index in [1.54, 1.807) is 13.8 Å². The molecule has 0 aromatic carbocycles. The Kier molecular flexibility index (Phi) is 6.67. The Morgan fingerprint density at radius 3 is 1.44 bits per heavy atom. The Morgan fingerprint density at radius 1 is 0.944 bits per heavy atom. The Labute approximate surface area is 107 Å². The molecule has 2 fully saturated rings. The molecule has 0 aromatic rings. The molecular formula is C12H20O6. The zero-order valence-corrected chi connectivity index (χ0v) is 10.8. The zero-order valence-electron chi connectivity index (χ0n) is 10.8. The summed E-state index contributed by atoms with van der Waals surface area (Å²) in [5, 5.41) is 0. The van der Waals surface area contributed by atoms with Crippen molar-refractivity contribution in [3.05, 3.63) is 0 Å². The summed E-state index contributed by atoms with van der Waals surface area (Å²) in [5.41, 5.74) is 0. The Morgan fingerprint density at radius 2 is 1.28 bits per heavy atom. The summed E-state index contributed by atoms with van der Waals surface area (Å²) in [6.07, 6.45) is 1.12. The van der Waals surface area contributed by atoms with Crippen LogP contribution >= 0.6 is 0 Å². The summed E-state index contributed by atoms with van der Waals surface area (Å²) in [7, 11) is 0. The smallest absolute Gasteiger partial charge is 0.335 e. The fraction of sp³-hybridized carbons (Fsp3) is 0.833. The first-order valence-corrected chi connectivity index (χ1v) is 6.25. The van der Waals surface area contributed by atoms with Gasteiger partial charge in [0.1, 0.15) is 0 Å². The lowest BCUT2D eigenvalue weighted by Crippen LogP contribution is -2.36. The highest BCUT2D eigenvalue weighted by atomic mass is 16.6. The van der Waals surface area contributed by atoms with Crippen molar-refractivity contribution in [1.82, 2.24) is 0 Å². The zero-order chi connectivity index (χ0) is 13.4. The van der Waals surface area contributed by atoms with E-state index in [0.717, 1.165) is 12.8 Å². The first kappa shape index (κ1) is 14.9. The summed E-state index contributed by atoms with van der Waals surface area (Å²) < 4.78 is 19.1. The Bertz CT molecular complexity index is 242. The summed E-state index contributed by atoms with van der Waals surface area (Å²) in [5.74, 6) is -0.437. The van der Waals surface area contributed by atoms with Gasteiger partial charge in [0.15, 0.2) is 12.2 Å². The van der Waals surface area contributed by atoms with Crippen LogP contribution in [-0.4, -0.2) is 50.6 Å². The lowest BCUT2D eigenvalue weighted by Gasteiger charge is -2.23. The molecule has 18 heavy (non-hydrogen) atoms. The van der Waals surface area contributed by atoms with Gasteiger partial charge >= 0.3 is 11.9 Å². The fourth-order valence-electron chi connectivity index (χ4n) is 1.31. The van der Waals surface area contributed by atoms with Crippen molar-refractivity contribution in [1.29, 1.82) is 0 Å². The molecule has 0 bridgehead atoms. The minimum Gasteiger partial charge on any atom is -0.464 e. The van der Waals surface area contributed by atoms with Gasteiger partial charge in [-0.25, -0.2) is 9.59 Å². The molecule has 6 nitrogen and oxygen atoms in total. The van der Waals surface area contributed by atoms with E-state index in [1.165, 1.54) is 0 Å². The van der Waals surface area contributed by atoms with Gasteiger partial charge in [-0.2, -0.15) is 0 Å². The van der Waals surface area contributed by atoms with E-state index in [4.69, 9.17) is 9.47 Å². The molecule has 2 saturated heterocycles. The second-order valence-electron chi connectivity index (χ2n) is 3.80. The van der Waals surface area contributed by atoms with Gasteiger partial charge in [0.05, 0.1) is 26.4 Å². The SMILES string of the molecule is CCOC(=O)[C@@H]1CCO1.CCOC(=O)[C@H]1CCO1. The van der Waals surface area contributed by atoms with Gasteiger partial charge in [-0.3, -0.25) is 0 Å². The van der Waals surface area contributed by atoms with Crippen LogP contribution in [0.15, 0.2) is 0 Å². The normalized spacial score (nSPS) is 24.8. The highest BCUT2D eigenvalue weighted by molar-refractivity contribution is 5.75. The monoisotopic (exact) mass is 260 g/mol. The standard InChI is InChI=1S/2C6H10O3/c2*1-2-8-6(7)5-3-4-9-5/h2*5H,2-4H2,1H3/t2*5-/m10/s1. The first-order valence-electron chi connectivity index (χ1n) is 6.25. The van der Waals surface area contributed by atoms with Gasteiger partial charge < -0.3 is 18.9 Å². The largest absolute Gasteiger partial charge is 0.464 e. The molecule has 0 aliphatic carbocycles. The number of ether oxygens (including phenoxy) is 4.